The highest BCUT2D eigenvalue weighted by atomic mass is 19.3. The van der Waals surface area contributed by atoms with Gasteiger partial charge in [0.25, 0.3) is 17.7 Å². The summed E-state index contributed by atoms with van der Waals surface area (Å²) in [4.78, 5) is 32.1. The Morgan fingerprint density at radius 1 is 1.28 bits per heavy atom. The summed E-state index contributed by atoms with van der Waals surface area (Å²) in [5.41, 5.74) is 6.95. The first-order valence-corrected chi connectivity index (χ1v) is 8.66. The number of nitrogen functional groups attached to an aromatic ring is 1. The third kappa shape index (κ3) is 3.16. The number of anilines is 1. The van der Waals surface area contributed by atoms with E-state index in [0.717, 1.165) is 11.0 Å². The molecule has 0 atom stereocenters. The molecular weight excluding hydrogens is 387 g/mol. The van der Waals surface area contributed by atoms with E-state index in [1.165, 1.54) is 25.4 Å². The summed E-state index contributed by atoms with van der Waals surface area (Å²) in [5.74, 6) is -4.50. The molecular formula is C19H16F3N5O2. The number of likely N-dealkylation sites (tertiary alicyclic amines) is 1. The lowest BCUT2D eigenvalue weighted by atomic mass is 10.0. The van der Waals surface area contributed by atoms with Crippen molar-refractivity contribution in [3.63, 3.8) is 0 Å². The Kier molecular flexibility index (Phi) is 4.21. The topological polar surface area (TPSA) is 104 Å². The monoisotopic (exact) mass is 403 g/mol. The van der Waals surface area contributed by atoms with E-state index in [9.17, 15) is 22.8 Å². The largest absolute Gasteiger partial charge is 0.382 e. The van der Waals surface area contributed by atoms with E-state index in [1.807, 2.05) is 0 Å². The van der Waals surface area contributed by atoms with Gasteiger partial charge in [0, 0.05) is 35.5 Å². The number of amides is 2. The lowest BCUT2D eigenvalue weighted by Crippen LogP contribution is -2.58. The van der Waals surface area contributed by atoms with Crippen LogP contribution in [-0.2, 0) is 0 Å². The molecule has 2 aromatic heterocycles. The van der Waals surface area contributed by atoms with Crippen LogP contribution in [0.25, 0.3) is 22.2 Å². The Balaban J connectivity index is 1.70. The van der Waals surface area contributed by atoms with Crippen molar-refractivity contribution in [2.75, 3.05) is 25.9 Å². The fourth-order valence-corrected chi connectivity index (χ4v) is 3.30. The van der Waals surface area contributed by atoms with E-state index in [4.69, 9.17) is 5.73 Å². The van der Waals surface area contributed by atoms with Gasteiger partial charge in [0.05, 0.1) is 24.2 Å². The number of nitrogens with two attached hydrogens (primary N) is 1. The first-order valence-electron chi connectivity index (χ1n) is 8.66. The molecule has 2 amide bonds. The Labute approximate surface area is 162 Å². The quantitative estimate of drug-likeness (QED) is 0.625. The van der Waals surface area contributed by atoms with Gasteiger partial charge in [-0.05, 0) is 24.3 Å². The number of nitrogens with zero attached hydrogens (tertiary/aromatic N) is 2. The van der Waals surface area contributed by atoms with Crippen molar-refractivity contribution in [1.29, 1.82) is 0 Å². The molecule has 1 aliphatic heterocycles. The van der Waals surface area contributed by atoms with Crippen LogP contribution in [-0.4, -0.2) is 52.7 Å². The smallest absolute Gasteiger partial charge is 0.282 e. The number of H-pyrrole nitrogens is 1. The van der Waals surface area contributed by atoms with E-state index in [0.29, 0.717) is 16.6 Å². The predicted molar refractivity (Wildman–Crippen MR) is 100 cm³/mol. The third-order valence-corrected chi connectivity index (χ3v) is 4.81. The fraction of sp³-hybridized carbons (Fsp3) is 0.211. The summed E-state index contributed by atoms with van der Waals surface area (Å²) >= 11 is 0. The minimum atomic E-state index is -2.89. The second kappa shape index (κ2) is 6.50. The summed E-state index contributed by atoms with van der Waals surface area (Å²) < 4.78 is 40.6. The number of carbonyl (C=O) groups excluding carboxylic acids is 2. The van der Waals surface area contributed by atoms with Crippen molar-refractivity contribution < 1.29 is 22.8 Å². The van der Waals surface area contributed by atoms with Gasteiger partial charge in [-0.1, -0.05) is 0 Å². The molecule has 1 fully saturated rings. The minimum Gasteiger partial charge on any atom is -0.382 e. The van der Waals surface area contributed by atoms with E-state index in [2.05, 4.69) is 15.3 Å². The fourth-order valence-electron chi connectivity index (χ4n) is 3.30. The van der Waals surface area contributed by atoms with E-state index >= 15 is 0 Å². The molecule has 0 saturated carbocycles. The average molecular weight is 403 g/mol. The standard InChI is InChI=1S/C19H16F3N5O2/c1-24-17(28)12-6-25-16(23)15-11(12)5-14(26-15)10-3-2-9(4-13(10)20)18(29)27-7-19(21,22)8-27/h2-6,26H,7-8H2,1H3,(H2,23,25)(H,24,28). The predicted octanol–water partition coefficient (Wildman–Crippen LogP) is 2.40. The summed E-state index contributed by atoms with van der Waals surface area (Å²) in [7, 11) is 1.47. The molecule has 1 saturated heterocycles. The molecule has 0 aliphatic carbocycles. The molecule has 0 unspecified atom stereocenters. The highest BCUT2D eigenvalue weighted by Gasteiger charge is 2.46. The maximum absolute atomic E-state index is 14.7. The molecule has 0 bridgehead atoms. The molecule has 1 aromatic carbocycles. The van der Waals surface area contributed by atoms with Crippen LogP contribution < -0.4 is 11.1 Å². The van der Waals surface area contributed by atoms with Crippen LogP contribution in [0.1, 0.15) is 20.7 Å². The lowest BCUT2D eigenvalue weighted by Gasteiger charge is -2.38. The van der Waals surface area contributed by atoms with E-state index in [-0.39, 0.29) is 28.4 Å². The number of pyridine rings is 1. The van der Waals surface area contributed by atoms with E-state index in [1.54, 1.807) is 6.07 Å². The van der Waals surface area contributed by atoms with Gasteiger partial charge in [-0.15, -0.1) is 0 Å². The average Bonchev–Trinajstić information content (AvgIpc) is 3.11. The van der Waals surface area contributed by atoms with Crippen molar-refractivity contribution in [2.24, 2.45) is 0 Å². The number of halogens is 3. The molecule has 0 spiro atoms. The first-order chi connectivity index (χ1) is 13.7. The highest BCUT2D eigenvalue weighted by molar-refractivity contribution is 6.09. The molecule has 29 heavy (non-hydrogen) atoms. The van der Waals surface area contributed by atoms with Gasteiger partial charge in [-0.3, -0.25) is 9.59 Å². The van der Waals surface area contributed by atoms with Crippen LogP contribution in [0.2, 0.25) is 0 Å². The van der Waals surface area contributed by atoms with Gasteiger partial charge in [0.2, 0.25) is 0 Å². The Hall–Kier alpha value is -3.56. The first kappa shape index (κ1) is 18.8. The van der Waals surface area contributed by atoms with Crippen LogP contribution in [0.3, 0.4) is 0 Å². The summed E-state index contributed by atoms with van der Waals surface area (Å²) in [5, 5.41) is 2.96. The number of aromatic nitrogens is 2. The van der Waals surface area contributed by atoms with Crippen molar-refractivity contribution >= 4 is 28.5 Å². The number of benzene rings is 1. The van der Waals surface area contributed by atoms with Crippen LogP contribution >= 0.6 is 0 Å². The minimum absolute atomic E-state index is 0.0231. The van der Waals surface area contributed by atoms with Gasteiger partial charge in [0.1, 0.15) is 11.6 Å². The van der Waals surface area contributed by atoms with Gasteiger partial charge < -0.3 is 20.9 Å². The number of hydrogen-bond acceptors (Lipinski definition) is 4. The summed E-state index contributed by atoms with van der Waals surface area (Å²) in [6.07, 6.45) is 1.33. The Bertz CT molecular complexity index is 1150. The van der Waals surface area contributed by atoms with Crippen molar-refractivity contribution in [3.05, 3.63) is 47.4 Å². The maximum Gasteiger partial charge on any atom is 0.282 e. The second-order valence-corrected chi connectivity index (χ2v) is 6.82. The number of alkyl halides is 2. The van der Waals surface area contributed by atoms with Gasteiger partial charge >= 0.3 is 0 Å². The van der Waals surface area contributed by atoms with Crippen molar-refractivity contribution in [2.45, 2.75) is 5.92 Å². The number of carbonyl (C=O) groups is 2. The molecule has 10 heteroatoms. The Morgan fingerprint density at radius 2 is 2.00 bits per heavy atom. The van der Waals surface area contributed by atoms with Gasteiger partial charge in [-0.2, -0.15) is 0 Å². The molecule has 4 N–H and O–H groups in total. The van der Waals surface area contributed by atoms with Crippen LogP contribution in [0, 0.1) is 5.82 Å². The Morgan fingerprint density at radius 3 is 2.62 bits per heavy atom. The zero-order chi connectivity index (χ0) is 20.9. The highest BCUT2D eigenvalue weighted by Crippen LogP contribution is 2.32. The molecule has 1 aliphatic rings. The molecule has 7 nitrogen and oxygen atoms in total. The number of rotatable bonds is 3. The normalized spacial score (nSPS) is 15.2. The summed E-state index contributed by atoms with van der Waals surface area (Å²) in [6, 6.07) is 5.30. The van der Waals surface area contributed by atoms with Crippen LogP contribution in [0.15, 0.2) is 30.5 Å². The van der Waals surface area contributed by atoms with E-state index < -0.39 is 30.7 Å². The SMILES string of the molecule is CNC(=O)c1cnc(N)c2[nH]c(-c3ccc(C(=O)N4CC(F)(F)C4)cc3F)cc12. The molecule has 0 radical (unpaired) electrons. The molecule has 150 valence electrons. The van der Waals surface area contributed by atoms with Crippen molar-refractivity contribution in [1.82, 2.24) is 20.2 Å². The molecule has 4 rings (SSSR count). The second-order valence-electron chi connectivity index (χ2n) is 6.82. The van der Waals surface area contributed by atoms with Gasteiger partial charge in [-0.25, -0.2) is 18.2 Å². The van der Waals surface area contributed by atoms with Crippen molar-refractivity contribution in [3.8, 4) is 11.3 Å². The third-order valence-electron chi connectivity index (χ3n) is 4.81. The van der Waals surface area contributed by atoms with Crippen LogP contribution in [0.4, 0.5) is 19.0 Å². The molecule has 3 aromatic rings. The lowest BCUT2D eigenvalue weighted by molar-refractivity contribution is -0.113. The zero-order valence-corrected chi connectivity index (χ0v) is 15.2. The number of fused-ring (bicyclic) bond motifs is 1. The number of aromatic amines is 1. The summed E-state index contributed by atoms with van der Waals surface area (Å²) in [6.45, 7) is -1.35. The van der Waals surface area contributed by atoms with Crippen LogP contribution in [0.5, 0.6) is 0 Å². The molecule has 3 heterocycles. The zero-order valence-electron chi connectivity index (χ0n) is 15.2. The number of hydrogen-bond donors (Lipinski definition) is 3. The number of nitrogens with one attached hydrogen (secondary N) is 2. The maximum atomic E-state index is 14.7. The van der Waals surface area contributed by atoms with Gasteiger partial charge in [0.15, 0.2) is 0 Å².